The van der Waals surface area contributed by atoms with Gasteiger partial charge in [0.25, 0.3) is 5.56 Å². The Balaban J connectivity index is 1.50. The highest BCUT2D eigenvalue weighted by Crippen LogP contribution is 2.26. The van der Waals surface area contributed by atoms with Crippen LogP contribution < -0.4 is 5.56 Å². The summed E-state index contributed by atoms with van der Waals surface area (Å²) in [6.07, 6.45) is 3.35. The van der Waals surface area contributed by atoms with Crippen LogP contribution in [0.3, 0.4) is 0 Å². The van der Waals surface area contributed by atoms with E-state index >= 15 is 0 Å². The number of fused-ring (bicyclic) bond motifs is 1. The van der Waals surface area contributed by atoms with Crippen molar-refractivity contribution in [1.82, 2.24) is 19.5 Å². The third kappa shape index (κ3) is 4.04. The zero-order valence-electron chi connectivity index (χ0n) is 17.0. The average molecular weight is 461 g/mol. The van der Waals surface area contributed by atoms with Gasteiger partial charge in [-0.1, -0.05) is 41.6 Å². The van der Waals surface area contributed by atoms with Crippen LogP contribution in [0.1, 0.15) is 11.3 Å². The van der Waals surface area contributed by atoms with Crippen molar-refractivity contribution in [2.75, 3.05) is 0 Å². The first-order valence-corrected chi connectivity index (χ1v) is 11.2. The van der Waals surface area contributed by atoms with Gasteiger partial charge in [-0.2, -0.15) is 0 Å². The molecule has 0 amide bonds. The number of para-hydroxylation sites is 1. The van der Waals surface area contributed by atoms with Gasteiger partial charge in [-0.15, -0.1) is 0 Å². The van der Waals surface area contributed by atoms with Crippen molar-refractivity contribution in [3.63, 3.8) is 0 Å². The number of hydrogen-bond donors (Lipinski definition) is 0. The maximum absolute atomic E-state index is 13.3. The Morgan fingerprint density at radius 2 is 1.84 bits per heavy atom. The lowest BCUT2D eigenvalue weighted by molar-refractivity contribution is 0.573. The van der Waals surface area contributed by atoms with Gasteiger partial charge in [0.1, 0.15) is 12.1 Å². The van der Waals surface area contributed by atoms with Crippen molar-refractivity contribution in [2.24, 2.45) is 0 Å². The number of thioether (sulfide) groups is 1. The lowest BCUT2D eigenvalue weighted by Gasteiger charge is -2.12. The molecule has 0 unspecified atom stereocenters. The summed E-state index contributed by atoms with van der Waals surface area (Å²) in [6, 6.07) is 18.4. The average Bonchev–Trinajstić information content (AvgIpc) is 3.28. The third-order valence-electron chi connectivity index (χ3n) is 4.86. The second-order valence-electron chi connectivity index (χ2n) is 7.19. The minimum absolute atomic E-state index is 0.156. The quantitative estimate of drug-likeness (QED) is 0.248. The van der Waals surface area contributed by atoms with E-state index in [1.807, 2.05) is 49.4 Å². The van der Waals surface area contributed by atoms with Gasteiger partial charge >= 0.3 is 0 Å². The second kappa shape index (κ2) is 8.61. The number of aryl methyl sites for hydroxylation is 1. The van der Waals surface area contributed by atoms with Crippen LogP contribution in [0.15, 0.2) is 87.5 Å². The highest BCUT2D eigenvalue weighted by Gasteiger charge is 2.15. The van der Waals surface area contributed by atoms with Crippen molar-refractivity contribution in [1.29, 1.82) is 0 Å². The number of pyridine rings is 1. The van der Waals surface area contributed by atoms with Crippen molar-refractivity contribution in [2.45, 2.75) is 17.8 Å². The van der Waals surface area contributed by atoms with Crippen LogP contribution in [-0.2, 0) is 5.75 Å². The van der Waals surface area contributed by atoms with Gasteiger partial charge in [-0.25, -0.2) is 19.5 Å². The Hall–Kier alpha value is -3.42. The summed E-state index contributed by atoms with van der Waals surface area (Å²) in [5.74, 6) is 1.53. The maximum atomic E-state index is 13.3. The summed E-state index contributed by atoms with van der Waals surface area (Å²) in [5, 5.41) is 1.74. The van der Waals surface area contributed by atoms with Crippen molar-refractivity contribution in [3.8, 4) is 17.3 Å². The molecular weight excluding hydrogens is 444 g/mol. The van der Waals surface area contributed by atoms with E-state index in [1.54, 1.807) is 35.2 Å². The van der Waals surface area contributed by atoms with Gasteiger partial charge in [0.05, 0.1) is 16.6 Å². The fraction of sp³-hybridized carbons (Fsp3) is 0.0833. The molecule has 0 spiro atoms. The fourth-order valence-corrected chi connectivity index (χ4v) is 4.24. The summed E-state index contributed by atoms with van der Waals surface area (Å²) >= 11 is 7.36. The predicted molar refractivity (Wildman–Crippen MR) is 126 cm³/mol. The van der Waals surface area contributed by atoms with Crippen LogP contribution in [0.4, 0.5) is 0 Å². The van der Waals surface area contributed by atoms with Crippen LogP contribution in [-0.4, -0.2) is 19.5 Å². The SMILES string of the molecule is Cc1ccc(-n2c(SCc3coc(-c4ccc(Cl)cc4)n3)nc3ccccc3c2=O)nc1. The number of rotatable bonds is 5. The Kier molecular flexibility index (Phi) is 5.51. The van der Waals surface area contributed by atoms with Crippen LogP contribution in [0.25, 0.3) is 28.2 Å². The lowest BCUT2D eigenvalue weighted by Crippen LogP contribution is -2.22. The van der Waals surface area contributed by atoms with Gasteiger partial charge in [0, 0.05) is 22.5 Å². The maximum Gasteiger partial charge on any atom is 0.267 e. The summed E-state index contributed by atoms with van der Waals surface area (Å²) in [7, 11) is 0. The third-order valence-corrected chi connectivity index (χ3v) is 6.09. The Morgan fingerprint density at radius 3 is 2.62 bits per heavy atom. The van der Waals surface area contributed by atoms with Crippen molar-refractivity contribution >= 4 is 34.3 Å². The monoisotopic (exact) mass is 460 g/mol. The highest BCUT2D eigenvalue weighted by atomic mass is 35.5. The molecule has 5 aromatic rings. The Bertz CT molecular complexity index is 1460. The van der Waals surface area contributed by atoms with E-state index in [0.717, 1.165) is 16.8 Å². The van der Waals surface area contributed by atoms with Gasteiger partial charge < -0.3 is 4.42 Å². The van der Waals surface area contributed by atoms with Gasteiger partial charge in [-0.05, 0) is 55.0 Å². The molecule has 0 fully saturated rings. The molecule has 3 aromatic heterocycles. The summed E-state index contributed by atoms with van der Waals surface area (Å²) in [5.41, 5.74) is 3.09. The molecular formula is C24H17ClN4O2S. The highest BCUT2D eigenvalue weighted by molar-refractivity contribution is 7.98. The molecule has 3 heterocycles. The number of oxazole rings is 1. The summed E-state index contributed by atoms with van der Waals surface area (Å²) < 4.78 is 7.18. The molecule has 158 valence electrons. The molecule has 5 rings (SSSR count). The first kappa shape index (κ1) is 20.5. The molecule has 0 radical (unpaired) electrons. The second-order valence-corrected chi connectivity index (χ2v) is 8.56. The predicted octanol–water partition coefficient (Wildman–Crippen LogP) is 5.69. The number of halogens is 1. The number of aromatic nitrogens is 4. The molecule has 0 atom stereocenters. The molecule has 0 bridgehead atoms. The molecule has 0 saturated carbocycles. The first-order valence-electron chi connectivity index (χ1n) is 9.86. The molecule has 6 nitrogen and oxygen atoms in total. The normalized spacial score (nSPS) is 11.2. The van der Waals surface area contributed by atoms with Gasteiger partial charge in [0.2, 0.25) is 5.89 Å². The standard InChI is InChI=1S/C24H17ClN4O2S/c1-15-6-11-21(26-12-15)29-23(30)19-4-2-3-5-20(19)28-24(29)32-14-18-13-31-22(27-18)16-7-9-17(25)10-8-16/h2-13H,14H2,1H3. The smallest absolute Gasteiger partial charge is 0.267 e. The van der Waals surface area contributed by atoms with E-state index in [4.69, 9.17) is 21.0 Å². The lowest BCUT2D eigenvalue weighted by atomic mass is 10.2. The molecule has 0 saturated heterocycles. The zero-order chi connectivity index (χ0) is 22.1. The van der Waals surface area contributed by atoms with E-state index < -0.39 is 0 Å². The van der Waals surface area contributed by atoms with E-state index in [0.29, 0.717) is 38.5 Å². The molecule has 0 aliphatic rings. The summed E-state index contributed by atoms with van der Waals surface area (Å²) in [4.78, 5) is 27.0. The molecule has 0 N–H and O–H groups in total. The molecule has 0 aliphatic carbocycles. The Labute approximate surface area is 192 Å². The largest absolute Gasteiger partial charge is 0.444 e. The van der Waals surface area contributed by atoms with Crippen LogP contribution in [0, 0.1) is 6.92 Å². The van der Waals surface area contributed by atoms with Crippen molar-refractivity contribution < 1.29 is 4.42 Å². The van der Waals surface area contributed by atoms with E-state index in [2.05, 4.69) is 9.97 Å². The van der Waals surface area contributed by atoms with E-state index in [1.165, 1.54) is 11.8 Å². The molecule has 2 aromatic carbocycles. The molecule has 0 aliphatic heterocycles. The topological polar surface area (TPSA) is 73.8 Å². The van der Waals surface area contributed by atoms with E-state index in [9.17, 15) is 4.79 Å². The van der Waals surface area contributed by atoms with Crippen molar-refractivity contribution in [3.05, 3.63) is 99.8 Å². The zero-order valence-corrected chi connectivity index (χ0v) is 18.6. The van der Waals surface area contributed by atoms with Crippen LogP contribution in [0.5, 0.6) is 0 Å². The van der Waals surface area contributed by atoms with E-state index in [-0.39, 0.29) is 5.56 Å². The number of nitrogens with zero attached hydrogens (tertiary/aromatic N) is 4. The number of hydrogen-bond acceptors (Lipinski definition) is 6. The Morgan fingerprint density at radius 1 is 1.03 bits per heavy atom. The number of benzene rings is 2. The van der Waals surface area contributed by atoms with Gasteiger partial charge in [0.15, 0.2) is 5.16 Å². The first-order chi connectivity index (χ1) is 15.6. The minimum atomic E-state index is -0.156. The van der Waals surface area contributed by atoms with Crippen LogP contribution in [0.2, 0.25) is 5.02 Å². The fourth-order valence-electron chi connectivity index (χ4n) is 3.24. The minimum Gasteiger partial charge on any atom is -0.444 e. The molecule has 8 heteroatoms. The van der Waals surface area contributed by atoms with Crippen LogP contribution >= 0.6 is 23.4 Å². The summed E-state index contributed by atoms with van der Waals surface area (Å²) in [6.45, 7) is 1.96. The molecule has 32 heavy (non-hydrogen) atoms. The van der Waals surface area contributed by atoms with Gasteiger partial charge in [-0.3, -0.25) is 4.79 Å².